The molecule has 1 aliphatic heterocycles. The Hall–Kier alpha value is -2.97. The van der Waals surface area contributed by atoms with Crippen LogP contribution in [0.2, 0.25) is 0 Å². The zero-order chi connectivity index (χ0) is 22.0. The third-order valence-electron chi connectivity index (χ3n) is 5.65. The summed E-state index contributed by atoms with van der Waals surface area (Å²) in [5.41, 5.74) is 5.21. The van der Waals surface area contributed by atoms with E-state index in [2.05, 4.69) is 10.4 Å². The third-order valence-corrected chi connectivity index (χ3v) is 6.90. The molecule has 2 heterocycles. The van der Waals surface area contributed by atoms with Crippen LogP contribution in [0.15, 0.2) is 54.7 Å². The summed E-state index contributed by atoms with van der Waals surface area (Å²) >= 11 is 0. The van der Waals surface area contributed by atoms with Crippen molar-refractivity contribution in [2.45, 2.75) is 32.9 Å². The van der Waals surface area contributed by atoms with Gasteiger partial charge >= 0.3 is 0 Å². The molecule has 31 heavy (non-hydrogen) atoms. The number of rotatable bonds is 6. The van der Waals surface area contributed by atoms with Crippen molar-refractivity contribution in [3.05, 3.63) is 82.7 Å². The number of carbonyl (C=O) groups excluding carboxylic acids is 1. The number of amides is 1. The summed E-state index contributed by atoms with van der Waals surface area (Å²) in [5, 5.41) is 7.48. The van der Waals surface area contributed by atoms with Gasteiger partial charge in [0.2, 0.25) is 10.0 Å². The Kier molecular flexibility index (Phi) is 5.93. The largest absolute Gasteiger partial charge is 0.322 e. The van der Waals surface area contributed by atoms with Gasteiger partial charge in [0.05, 0.1) is 30.3 Å². The van der Waals surface area contributed by atoms with E-state index in [-0.39, 0.29) is 5.91 Å². The predicted molar refractivity (Wildman–Crippen MR) is 121 cm³/mol. The van der Waals surface area contributed by atoms with Crippen LogP contribution in [0.4, 0.5) is 5.69 Å². The summed E-state index contributed by atoms with van der Waals surface area (Å²) in [4.78, 5) is 13.1. The van der Waals surface area contributed by atoms with Crippen molar-refractivity contribution in [2.24, 2.45) is 0 Å². The molecular weight excluding hydrogens is 412 g/mol. The van der Waals surface area contributed by atoms with Crippen LogP contribution in [0.25, 0.3) is 0 Å². The van der Waals surface area contributed by atoms with Gasteiger partial charge in [-0.3, -0.25) is 9.48 Å². The lowest BCUT2D eigenvalue weighted by molar-refractivity contribution is 0.102. The summed E-state index contributed by atoms with van der Waals surface area (Å²) in [6.45, 7) is 3.36. The molecule has 8 heteroatoms. The van der Waals surface area contributed by atoms with Gasteiger partial charge in [-0.15, -0.1) is 0 Å². The Balaban J connectivity index is 1.56. The quantitative estimate of drug-likeness (QED) is 0.641. The molecule has 2 aromatic carbocycles. The summed E-state index contributed by atoms with van der Waals surface area (Å²) in [6.07, 6.45) is 4.10. The van der Waals surface area contributed by atoms with E-state index in [4.69, 9.17) is 0 Å². The first-order valence-electron chi connectivity index (χ1n) is 10.3. The molecule has 7 nitrogen and oxygen atoms in total. The number of sulfonamides is 1. The van der Waals surface area contributed by atoms with Crippen LogP contribution >= 0.6 is 0 Å². The molecule has 0 fully saturated rings. The number of fused-ring (bicyclic) bond motifs is 1. The van der Waals surface area contributed by atoms with Crippen molar-refractivity contribution in [3.63, 3.8) is 0 Å². The number of hydrogen-bond acceptors (Lipinski definition) is 4. The Morgan fingerprint density at radius 2 is 1.90 bits per heavy atom. The van der Waals surface area contributed by atoms with Gasteiger partial charge in [-0.05, 0) is 35.6 Å². The molecule has 1 aliphatic rings. The average molecular weight is 439 g/mol. The Labute approximate surface area is 182 Å². The van der Waals surface area contributed by atoms with Crippen LogP contribution in [0.3, 0.4) is 0 Å². The second-order valence-electron chi connectivity index (χ2n) is 7.75. The van der Waals surface area contributed by atoms with Crippen molar-refractivity contribution in [3.8, 4) is 0 Å². The predicted octanol–water partition coefficient (Wildman–Crippen LogP) is 3.06. The summed E-state index contributed by atoms with van der Waals surface area (Å²) in [6, 6.07) is 15.7. The zero-order valence-corrected chi connectivity index (χ0v) is 18.5. The van der Waals surface area contributed by atoms with E-state index in [1.54, 1.807) is 6.20 Å². The number of carbonyl (C=O) groups is 1. The second kappa shape index (κ2) is 8.64. The third kappa shape index (κ3) is 4.55. The first kappa shape index (κ1) is 21.3. The van der Waals surface area contributed by atoms with Gasteiger partial charge in [-0.25, -0.2) is 8.42 Å². The van der Waals surface area contributed by atoms with Crippen molar-refractivity contribution < 1.29 is 13.2 Å². The molecule has 0 saturated carbocycles. The Bertz CT molecular complexity index is 1200. The SMILES string of the molecule is CCc1c(C(=O)Nc2cccc3c2CCN(S(C)(=O)=O)C3)cnn1Cc1ccccc1. The molecule has 1 N–H and O–H groups in total. The van der Waals surface area contributed by atoms with E-state index in [9.17, 15) is 13.2 Å². The molecule has 1 aromatic heterocycles. The smallest absolute Gasteiger partial charge is 0.259 e. The molecule has 0 bridgehead atoms. The molecule has 4 rings (SSSR count). The van der Waals surface area contributed by atoms with Crippen LogP contribution in [-0.4, -0.2) is 41.2 Å². The second-order valence-corrected chi connectivity index (χ2v) is 9.73. The lowest BCUT2D eigenvalue weighted by Crippen LogP contribution is -2.35. The summed E-state index contributed by atoms with van der Waals surface area (Å²) in [5.74, 6) is -0.199. The van der Waals surface area contributed by atoms with Gasteiger partial charge in [0, 0.05) is 18.8 Å². The van der Waals surface area contributed by atoms with Crippen LogP contribution in [-0.2, 0) is 36.0 Å². The van der Waals surface area contributed by atoms with Crippen molar-refractivity contribution in [1.29, 1.82) is 0 Å². The number of benzene rings is 2. The van der Waals surface area contributed by atoms with Gasteiger partial charge in [0.25, 0.3) is 5.91 Å². The van der Waals surface area contributed by atoms with Gasteiger partial charge in [-0.2, -0.15) is 9.40 Å². The van der Waals surface area contributed by atoms with Crippen molar-refractivity contribution >= 4 is 21.6 Å². The standard InChI is InChI=1S/C23H26N4O3S/c1-3-22-20(14-24-27(22)15-17-8-5-4-6-9-17)23(28)25-21-11-7-10-18-16-26(31(2,29)30)13-12-19(18)21/h4-11,14H,3,12-13,15-16H2,1-2H3,(H,25,28). The van der Waals surface area contributed by atoms with Gasteiger partial charge < -0.3 is 5.32 Å². The molecule has 0 atom stereocenters. The van der Waals surface area contributed by atoms with Crippen LogP contribution in [0, 0.1) is 0 Å². The van der Waals surface area contributed by atoms with Gasteiger partial charge in [-0.1, -0.05) is 49.4 Å². The van der Waals surface area contributed by atoms with Gasteiger partial charge in [0.15, 0.2) is 0 Å². The number of anilines is 1. The number of aromatic nitrogens is 2. The van der Waals surface area contributed by atoms with Crippen molar-refractivity contribution in [2.75, 3.05) is 18.1 Å². The highest BCUT2D eigenvalue weighted by atomic mass is 32.2. The minimum Gasteiger partial charge on any atom is -0.322 e. The zero-order valence-electron chi connectivity index (χ0n) is 17.7. The topological polar surface area (TPSA) is 84.3 Å². The molecule has 1 amide bonds. The van der Waals surface area contributed by atoms with E-state index < -0.39 is 10.0 Å². The maximum absolute atomic E-state index is 13.1. The normalized spacial score (nSPS) is 14.3. The average Bonchev–Trinajstić information content (AvgIpc) is 3.16. The highest BCUT2D eigenvalue weighted by Gasteiger charge is 2.25. The highest BCUT2D eigenvalue weighted by Crippen LogP contribution is 2.28. The number of nitrogens with zero attached hydrogens (tertiary/aromatic N) is 3. The highest BCUT2D eigenvalue weighted by molar-refractivity contribution is 7.88. The van der Waals surface area contributed by atoms with Crippen LogP contribution in [0.1, 0.15) is 39.7 Å². The summed E-state index contributed by atoms with van der Waals surface area (Å²) in [7, 11) is -3.24. The molecule has 0 radical (unpaired) electrons. The molecular formula is C23H26N4O3S. The van der Waals surface area contributed by atoms with E-state index in [1.807, 2.05) is 60.1 Å². The molecule has 0 spiro atoms. The van der Waals surface area contributed by atoms with Crippen LogP contribution in [0.5, 0.6) is 0 Å². The first-order chi connectivity index (χ1) is 14.9. The molecule has 0 saturated heterocycles. The number of nitrogens with one attached hydrogen (secondary N) is 1. The van der Waals surface area contributed by atoms with Crippen molar-refractivity contribution in [1.82, 2.24) is 14.1 Å². The van der Waals surface area contributed by atoms with E-state index >= 15 is 0 Å². The maximum atomic E-state index is 13.1. The first-order valence-corrected chi connectivity index (χ1v) is 12.2. The van der Waals surface area contributed by atoms with E-state index in [0.29, 0.717) is 38.0 Å². The molecule has 3 aromatic rings. The molecule has 0 unspecified atom stereocenters. The Morgan fingerprint density at radius 1 is 1.13 bits per heavy atom. The van der Waals surface area contributed by atoms with Gasteiger partial charge in [0.1, 0.15) is 0 Å². The van der Waals surface area contributed by atoms with E-state index in [0.717, 1.165) is 28.1 Å². The lowest BCUT2D eigenvalue weighted by Gasteiger charge is -2.28. The lowest BCUT2D eigenvalue weighted by atomic mass is 9.99. The fourth-order valence-corrected chi connectivity index (χ4v) is 4.84. The monoisotopic (exact) mass is 438 g/mol. The fraction of sp³-hybridized carbons (Fsp3) is 0.304. The van der Waals surface area contributed by atoms with E-state index in [1.165, 1.54) is 10.6 Å². The maximum Gasteiger partial charge on any atom is 0.259 e. The van der Waals surface area contributed by atoms with Crippen LogP contribution < -0.4 is 5.32 Å². The Morgan fingerprint density at radius 3 is 2.61 bits per heavy atom. The minimum absolute atomic E-state index is 0.199. The fourth-order valence-electron chi connectivity index (χ4n) is 4.04. The molecule has 0 aliphatic carbocycles. The number of hydrogen-bond donors (Lipinski definition) is 1. The summed E-state index contributed by atoms with van der Waals surface area (Å²) < 4.78 is 27.1. The molecule has 162 valence electrons. The minimum atomic E-state index is -3.24.